The summed E-state index contributed by atoms with van der Waals surface area (Å²) in [5.41, 5.74) is 0. The van der Waals surface area contributed by atoms with E-state index >= 15 is 0 Å². The van der Waals surface area contributed by atoms with Crippen LogP contribution < -0.4 is 5.32 Å². The molecule has 1 fully saturated rings. The van der Waals surface area contributed by atoms with E-state index in [9.17, 15) is 9.59 Å². The Morgan fingerprint density at radius 3 is 2.70 bits per heavy atom. The number of carbonyl (C=O) groups excluding carboxylic acids is 2. The first-order chi connectivity index (χ1) is 4.77. The topological polar surface area (TPSA) is 49.4 Å². The van der Waals surface area contributed by atoms with E-state index in [2.05, 4.69) is 5.32 Å². The van der Waals surface area contributed by atoms with Gasteiger partial charge in [-0.05, 0) is 0 Å². The first-order valence-corrected chi connectivity index (χ1v) is 3.19. The Bertz CT molecular complexity index is 152. The van der Waals surface area contributed by atoms with E-state index in [0.29, 0.717) is 13.1 Å². The Labute approximate surface area is 59.2 Å². The van der Waals surface area contributed by atoms with Gasteiger partial charge in [0.2, 0.25) is 12.3 Å². The van der Waals surface area contributed by atoms with Crippen LogP contribution in [0.2, 0.25) is 0 Å². The van der Waals surface area contributed by atoms with Crippen molar-refractivity contribution in [3.05, 3.63) is 0 Å². The van der Waals surface area contributed by atoms with E-state index in [1.165, 1.54) is 0 Å². The molecule has 0 aromatic rings. The Kier molecular flexibility index (Phi) is 1.89. The van der Waals surface area contributed by atoms with E-state index in [0.717, 1.165) is 6.41 Å². The van der Waals surface area contributed by atoms with Crippen LogP contribution >= 0.6 is 0 Å². The van der Waals surface area contributed by atoms with Crippen molar-refractivity contribution in [3.8, 4) is 0 Å². The number of carbonyl (C=O) groups is 2. The molecule has 0 radical (unpaired) electrons. The van der Waals surface area contributed by atoms with Crippen molar-refractivity contribution in [1.82, 2.24) is 10.2 Å². The van der Waals surface area contributed by atoms with Crippen LogP contribution in [-0.4, -0.2) is 37.4 Å². The highest BCUT2D eigenvalue weighted by atomic mass is 16.2. The summed E-state index contributed by atoms with van der Waals surface area (Å²) in [6.07, 6.45) is 0.763. The van der Waals surface area contributed by atoms with Gasteiger partial charge < -0.3 is 10.2 Å². The standard InChI is InChI=1S/C6H10N2O2/c1-7-6(10)5-2-8(3-5)4-9/h4-5H,2-3H2,1H3,(H,7,10). The molecule has 10 heavy (non-hydrogen) atoms. The minimum absolute atomic E-state index is 0.0233. The first kappa shape index (κ1) is 7.05. The molecule has 0 unspecified atom stereocenters. The lowest BCUT2D eigenvalue weighted by atomic mass is 10.0. The van der Waals surface area contributed by atoms with E-state index in [1.54, 1.807) is 11.9 Å². The van der Waals surface area contributed by atoms with E-state index < -0.39 is 0 Å². The van der Waals surface area contributed by atoms with Gasteiger partial charge in [0.05, 0.1) is 5.92 Å². The zero-order valence-electron chi connectivity index (χ0n) is 5.83. The molecular formula is C6H10N2O2. The first-order valence-electron chi connectivity index (χ1n) is 3.19. The van der Waals surface area contributed by atoms with Crippen LogP contribution in [0.1, 0.15) is 0 Å². The maximum absolute atomic E-state index is 10.8. The molecule has 0 spiro atoms. The van der Waals surface area contributed by atoms with Gasteiger partial charge in [0.25, 0.3) is 0 Å². The molecule has 1 heterocycles. The Morgan fingerprint density at radius 1 is 1.70 bits per heavy atom. The summed E-state index contributed by atoms with van der Waals surface area (Å²) in [6.45, 7) is 1.15. The summed E-state index contributed by atoms with van der Waals surface area (Å²) >= 11 is 0. The zero-order chi connectivity index (χ0) is 7.56. The van der Waals surface area contributed by atoms with Crippen LogP contribution in [0.5, 0.6) is 0 Å². The summed E-state index contributed by atoms with van der Waals surface area (Å²) in [6, 6.07) is 0. The van der Waals surface area contributed by atoms with E-state index in [1.807, 2.05) is 0 Å². The fraction of sp³-hybridized carbons (Fsp3) is 0.667. The summed E-state index contributed by atoms with van der Waals surface area (Å²) in [5.74, 6) is 0.0494. The van der Waals surface area contributed by atoms with Crippen molar-refractivity contribution in [2.24, 2.45) is 5.92 Å². The van der Waals surface area contributed by atoms with Crippen LogP contribution in [0.4, 0.5) is 0 Å². The lowest BCUT2D eigenvalue weighted by Gasteiger charge is -2.34. The predicted molar refractivity (Wildman–Crippen MR) is 35.2 cm³/mol. The van der Waals surface area contributed by atoms with Crippen molar-refractivity contribution in [2.75, 3.05) is 20.1 Å². The number of amides is 2. The summed E-state index contributed by atoms with van der Waals surface area (Å²) < 4.78 is 0. The zero-order valence-corrected chi connectivity index (χ0v) is 5.83. The molecule has 0 aromatic carbocycles. The molecule has 2 amide bonds. The van der Waals surface area contributed by atoms with Crippen molar-refractivity contribution in [1.29, 1.82) is 0 Å². The molecule has 4 heteroatoms. The quantitative estimate of drug-likeness (QED) is 0.493. The van der Waals surface area contributed by atoms with Gasteiger partial charge >= 0.3 is 0 Å². The van der Waals surface area contributed by atoms with Gasteiger partial charge in [0.15, 0.2) is 0 Å². The average molecular weight is 142 g/mol. The SMILES string of the molecule is CNC(=O)C1CN(C=O)C1. The smallest absolute Gasteiger partial charge is 0.226 e. The van der Waals surface area contributed by atoms with Crippen molar-refractivity contribution >= 4 is 12.3 Å². The van der Waals surface area contributed by atoms with Crippen molar-refractivity contribution in [2.45, 2.75) is 0 Å². The van der Waals surface area contributed by atoms with Gasteiger partial charge in [-0.25, -0.2) is 0 Å². The fourth-order valence-corrected chi connectivity index (χ4v) is 0.969. The van der Waals surface area contributed by atoms with Gasteiger partial charge in [0.1, 0.15) is 0 Å². The van der Waals surface area contributed by atoms with E-state index in [-0.39, 0.29) is 11.8 Å². The molecule has 4 nitrogen and oxygen atoms in total. The number of hydrogen-bond acceptors (Lipinski definition) is 2. The molecule has 1 aliphatic heterocycles. The number of nitrogens with one attached hydrogen (secondary N) is 1. The normalized spacial score (nSPS) is 17.9. The van der Waals surface area contributed by atoms with Crippen LogP contribution in [0, 0.1) is 5.92 Å². The third-order valence-electron chi connectivity index (χ3n) is 1.68. The summed E-state index contributed by atoms with van der Waals surface area (Å²) in [4.78, 5) is 22.4. The number of rotatable bonds is 2. The molecule has 0 aliphatic carbocycles. The van der Waals surface area contributed by atoms with Gasteiger partial charge in [-0.15, -0.1) is 0 Å². The second-order valence-corrected chi connectivity index (χ2v) is 2.37. The maximum Gasteiger partial charge on any atom is 0.226 e. The van der Waals surface area contributed by atoms with Crippen molar-refractivity contribution < 1.29 is 9.59 Å². The number of nitrogens with zero attached hydrogens (tertiary/aromatic N) is 1. The highest BCUT2D eigenvalue weighted by Crippen LogP contribution is 2.12. The second kappa shape index (κ2) is 2.68. The van der Waals surface area contributed by atoms with Gasteiger partial charge in [-0.1, -0.05) is 0 Å². The molecule has 1 N–H and O–H groups in total. The Morgan fingerprint density at radius 2 is 2.30 bits per heavy atom. The number of likely N-dealkylation sites (tertiary alicyclic amines) is 1. The minimum atomic E-state index is 0.0233. The van der Waals surface area contributed by atoms with Crippen LogP contribution in [-0.2, 0) is 9.59 Å². The van der Waals surface area contributed by atoms with Crippen molar-refractivity contribution in [3.63, 3.8) is 0 Å². The van der Waals surface area contributed by atoms with Crippen LogP contribution in [0.3, 0.4) is 0 Å². The maximum atomic E-state index is 10.8. The highest BCUT2D eigenvalue weighted by Gasteiger charge is 2.30. The largest absolute Gasteiger partial charge is 0.359 e. The van der Waals surface area contributed by atoms with Gasteiger partial charge in [0, 0.05) is 20.1 Å². The molecule has 1 saturated heterocycles. The molecule has 0 saturated carbocycles. The third-order valence-corrected chi connectivity index (χ3v) is 1.68. The molecule has 0 atom stereocenters. The fourth-order valence-electron chi connectivity index (χ4n) is 0.969. The van der Waals surface area contributed by atoms with Crippen LogP contribution in [0.25, 0.3) is 0 Å². The predicted octanol–water partition coefficient (Wildman–Crippen LogP) is -1.18. The molecule has 0 bridgehead atoms. The van der Waals surface area contributed by atoms with Gasteiger partial charge in [-0.2, -0.15) is 0 Å². The monoisotopic (exact) mass is 142 g/mol. The molecule has 1 aliphatic rings. The Hall–Kier alpha value is -1.06. The molecular weight excluding hydrogens is 132 g/mol. The molecule has 1 rings (SSSR count). The Balaban J connectivity index is 2.25. The van der Waals surface area contributed by atoms with Gasteiger partial charge in [-0.3, -0.25) is 9.59 Å². The lowest BCUT2D eigenvalue weighted by molar-refractivity contribution is -0.134. The molecule has 0 aromatic heterocycles. The second-order valence-electron chi connectivity index (χ2n) is 2.37. The molecule has 56 valence electrons. The van der Waals surface area contributed by atoms with Crippen LogP contribution in [0.15, 0.2) is 0 Å². The lowest BCUT2D eigenvalue weighted by Crippen LogP contribution is -2.52. The van der Waals surface area contributed by atoms with E-state index in [4.69, 9.17) is 0 Å². The average Bonchev–Trinajstić information content (AvgIpc) is 1.85. The highest BCUT2D eigenvalue weighted by molar-refractivity contribution is 5.80. The third kappa shape index (κ3) is 1.10. The summed E-state index contributed by atoms with van der Waals surface area (Å²) in [5, 5.41) is 2.53. The minimum Gasteiger partial charge on any atom is -0.359 e. The number of hydrogen-bond donors (Lipinski definition) is 1. The summed E-state index contributed by atoms with van der Waals surface area (Å²) in [7, 11) is 1.60.